The molecule has 0 aliphatic rings. The van der Waals surface area contributed by atoms with Gasteiger partial charge in [0.2, 0.25) is 0 Å². The van der Waals surface area contributed by atoms with E-state index in [2.05, 4.69) is 32.7 Å². The van der Waals surface area contributed by atoms with Crippen molar-refractivity contribution in [2.45, 2.75) is 13.3 Å². The van der Waals surface area contributed by atoms with Crippen LogP contribution in [0.5, 0.6) is 0 Å². The molecule has 20 heavy (non-hydrogen) atoms. The molecule has 0 saturated carbocycles. The second-order valence-electron chi connectivity index (χ2n) is 4.41. The first-order chi connectivity index (χ1) is 9.61. The number of pyridine rings is 1. The molecule has 0 amide bonds. The quantitative estimate of drug-likeness (QED) is 0.841. The van der Waals surface area contributed by atoms with E-state index in [4.69, 9.17) is 23.2 Å². The molecule has 0 aromatic carbocycles. The number of thiophene rings is 1. The minimum atomic E-state index is 0.548. The average molecular weight is 330 g/mol. The molecular formula is C14H17Cl2N3S. The fourth-order valence-corrected chi connectivity index (χ4v) is 3.12. The predicted molar refractivity (Wildman–Crippen MR) is 89.7 cm³/mol. The van der Waals surface area contributed by atoms with E-state index >= 15 is 0 Å². The van der Waals surface area contributed by atoms with Gasteiger partial charge in [-0.15, -0.1) is 11.3 Å². The molecule has 0 spiro atoms. The van der Waals surface area contributed by atoms with E-state index in [1.54, 1.807) is 17.4 Å². The van der Waals surface area contributed by atoms with Gasteiger partial charge in [-0.05, 0) is 30.9 Å². The lowest BCUT2D eigenvalue weighted by molar-refractivity contribution is 0.869. The molecule has 2 aromatic rings. The van der Waals surface area contributed by atoms with E-state index in [9.17, 15) is 0 Å². The van der Waals surface area contributed by atoms with Gasteiger partial charge in [0.25, 0.3) is 0 Å². The van der Waals surface area contributed by atoms with Crippen molar-refractivity contribution in [1.82, 2.24) is 4.98 Å². The first-order valence-corrected chi connectivity index (χ1v) is 8.08. The van der Waals surface area contributed by atoms with E-state index in [0.29, 0.717) is 15.9 Å². The maximum atomic E-state index is 6.24. The number of rotatable bonds is 6. The van der Waals surface area contributed by atoms with Gasteiger partial charge in [0.1, 0.15) is 11.6 Å². The Morgan fingerprint density at radius 3 is 2.80 bits per heavy atom. The van der Waals surface area contributed by atoms with Crippen molar-refractivity contribution in [3.8, 4) is 0 Å². The minimum absolute atomic E-state index is 0.548. The van der Waals surface area contributed by atoms with Crippen LogP contribution >= 0.6 is 34.5 Å². The molecule has 0 aliphatic heterocycles. The Kier molecular flexibility index (Phi) is 5.52. The lowest BCUT2D eigenvalue weighted by atomic mass is 10.3. The van der Waals surface area contributed by atoms with Crippen molar-refractivity contribution >= 4 is 46.2 Å². The van der Waals surface area contributed by atoms with E-state index < -0.39 is 0 Å². The molecule has 1 N–H and O–H groups in total. The lowest BCUT2D eigenvalue weighted by Gasteiger charge is -2.20. The Morgan fingerprint density at radius 2 is 2.15 bits per heavy atom. The summed E-state index contributed by atoms with van der Waals surface area (Å²) in [7, 11) is 1.99. The second-order valence-corrected chi connectivity index (χ2v) is 6.25. The number of anilines is 2. The van der Waals surface area contributed by atoms with Gasteiger partial charge in [0.15, 0.2) is 0 Å². The van der Waals surface area contributed by atoms with Gasteiger partial charge in [0.05, 0.1) is 10.0 Å². The van der Waals surface area contributed by atoms with Crippen LogP contribution in [0.15, 0.2) is 23.6 Å². The van der Waals surface area contributed by atoms with Crippen molar-refractivity contribution in [3.05, 3.63) is 38.5 Å². The molecule has 2 aromatic heterocycles. The summed E-state index contributed by atoms with van der Waals surface area (Å²) < 4.78 is 0. The van der Waals surface area contributed by atoms with Crippen LogP contribution in [-0.2, 0) is 6.42 Å². The topological polar surface area (TPSA) is 28.2 Å². The third-order valence-corrected chi connectivity index (χ3v) is 4.39. The summed E-state index contributed by atoms with van der Waals surface area (Å²) in [6.07, 6.45) is 0.978. The fourth-order valence-electron chi connectivity index (χ4n) is 1.85. The van der Waals surface area contributed by atoms with Gasteiger partial charge in [-0.3, -0.25) is 0 Å². The minimum Gasteiger partial charge on any atom is -0.369 e. The van der Waals surface area contributed by atoms with Gasteiger partial charge in [-0.25, -0.2) is 4.98 Å². The van der Waals surface area contributed by atoms with Crippen LogP contribution in [0.1, 0.15) is 11.8 Å². The lowest BCUT2D eigenvalue weighted by Crippen LogP contribution is -2.22. The summed E-state index contributed by atoms with van der Waals surface area (Å²) in [5, 5.41) is 6.35. The zero-order chi connectivity index (χ0) is 14.5. The van der Waals surface area contributed by atoms with Gasteiger partial charge >= 0.3 is 0 Å². The van der Waals surface area contributed by atoms with Crippen molar-refractivity contribution in [2.75, 3.05) is 30.4 Å². The maximum Gasteiger partial charge on any atom is 0.149 e. The Balaban J connectivity index is 2.11. The molecule has 2 heterocycles. The molecule has 6 heteroatoms. The molecule has 0 unspecified atom stereocenters. The Hall–Kier alpha value is -0.970. The molecule has 108 valence electrons. The second kappa shape index (κ2) is 7.16. The number of aromatic nitrogens is 1. The molecule has 3 nitrogen and oxygen atoms in total. The monoisotopic (exact) mass is 329 g/mol. The van der Waals surface area contributed by atoms with Crippen LogP contribution in [0.25, 0.3) is 0 Å². The summed E-state index contributed by atoms with van der Waals surface area (Å²) in [6.45, 7) is 3.64. The normalized spacial score (nSPS) is 10.6. The molecule has 0 radical (unpaired) electrons. The highest BCUT2D eigenvalue weighted by Gasteiger charge is 2.12. The zero-order valence-electron chi connectivity index (χ0n) is 11.5. The van der Waals surface area contributed by atoms with Crippen LogP contribution in [0.2, 0.25) is 10.0 Å². The molecule has 0 atom stereocenters. The first-order valence-electron chi connectivity index (χ1n) is 6.45. The molecule has 0 fully saturated rings. The van der Waals surface area contributed by atoms with Gasteiger partial charge in [0, 0.05) is 25.0 Å². The smallest absolute Gasteiger partial charge is 0.149 e. The molecule has 0 saturated heterocycles. The summed E-state index contributed by atoms with van der Waals surface area (Å²) in [4.78, 5) is 7.93. The van der Waals surface area contributed by atoms with Crippen molar-refractivity contribution < 1.29 is 0 Å². The van der Waals surface area contributed by atoms with Crippen molar-refractivity contribution in [1.29, 1.82) is 0 Å². The fraction of sp³-hybridized carbons (Fsp3) is 0.357. The van der Waals surface area contributed by atoms with Crippen LogP contribution in [0.3, 0.4) is 0 Å². The number of likely N-dealkylation sites (N-methyl/N-ethyl adjacent to an activating group) is 1. The summed E-state index contributed by atoms with van der Waals surface area (Å²) in [6, 6.07) is 5.95. The van der Waals surface area contributed by atoms with Crippen LogP contribution in [0.4, 0.5) is 11.6 Å². The van der Waals surface area contributed by atoms with Crippen LogP contribution in [-0.4, -0.2) is 25.1 Å². The number of nitrogens with zero attached hydrogens (tertiary/aromatic N) is 2. The maximum absolute atomic E-state index is 6.24. The van der Waals surface area contributed by atoms with E-state index in [1.807, 2.05) is 14.0 Å². The molecule has 0 aliphatic carbocycles. The highest BCUT2D eigenvalue weighted by molar-refractivity contribution is 7.09. The van der Waals surface area contributed by atoms with Gasteiger partial charge in [-0.1, -0.05) is 29.3 Å². The standard InChI is InChI=1S/C14H17Cl2N3S/c1-3-17-13-11(15)9-12(16)14(18-13)19(2)7-6-10-5-4-8-20-10/h4-5,8-9H,3,6-7H2,1-2H3,(H,17,18). The number of hydrogen-bond donors (Lipinski definition) is 1. The SMILES string of the molecule is CCNc1nc(N(C)CCc2cccs2)c(Cl)cc1Cl. The largest absolute Gasteiger partial charge is 0.369 e. The van der Waals surface area contributed by atoms with Gasteiger partial charge in [-0.2, -0.15) is 0 Å². The highest BCUT2D eigenvalue weighted by atomic mass is 35.5. The Bertz CT molecular complexity index is 558. The van der Waals surface area contributed by atoms with E-state index in [1.165, 1.54) is 4.88 Å². The Labute approximate surface area is 133 Å². The Morgan fingerprint density at radius 1 is 1.35 bits per heavy atom. The molecule has 2 rings (SSSR count). The average Bonchev–Trinajstić information content (AvgIpc) is 2.92. The van der Waals surface area contributed by atoms with Crippen LogP contribution < -0.4 is 10.2 Å². The van der Waals surface area contributed by atoms with E-state index in [-0.39, 0.29) is 0 Å². The van der Waals surface area contributed by atoms with Gasteiger partial charge < -0.3 is 10.2 Å². The number of hydrogen-bond acceptors (Lipinski definition) is 4. The summed E-state index contributed by atoms with van der Waals surface area (Å²) in [5.41, 5.74) is 0. The third-order valence-electron chi connectivity index (χ3n) is 2.89. The molecular weight excluding hydrogens is 313 g/mol. The number of nitrogens with one attached hydrogen (secondary N) is 1. The first kappa shape index (κ1) is 15.4. The summed E-state index contributed by atoms with van der Waals surface area (Å²) in [5.74, 6) is 1.43. The van der Waals surface area contributed by atoms with Crippen LogP contribution in [0, 0.1) is 0 Å². The predicted octanol–water partition coefficient (Wildman–Crippen LogP) is 4.56. The molecule has 0 bridgehead atoms. The van der Waals surface area contributed by atoms with E-state index in [0.717, 1.165) is 25.3 Å². The zero-order valence-corrected chi connectivity index (χ0v) is 13.8. The summed E-state index contributed by atoms with van der Waals surface area (Å²) >= 11 is 14.1. The third kappa shape index (κ3) is 3.78. The van der Waals surface area contributed by atoms with Crippen molar-refractivity contribution in [2.24, 2.45) is 0 Å². The highest BCUT2D eigenvalue weighted by Crippen LogP contribution is 2.31. The van der Waals surface area contributed by atoms with Crippen molar-refractivity contribution in [3.63, 3.8) is 0 Å². The number of halogens is 2.